The minimum absolute atomic E-state index is 0.167. The van der Waals surface area contributed by atoms with Gasteiger partial charge in [0.05, 0.1) is 5.60 Å². The zero-order valence-corrected chi connectivity index (χ0v) is 14.3. The van der Waals surface area contributed by atoms with Crippen LogP contribution < -0.4 is 0 Å². The molecule has 0 aromatic heterocycles. The van der Waals surface area contributed by atoms with E-state index in [1.165, 1.54) is 12.1 Å². The maximum absolute atomic E-state index is 13.0. The maximum Gasteiger partial charge on any atom is 0.254 e. The minimum atomic E-state index is -0.493. The first kappa shape index (κ1) is 16.0. The van der Waals surface area contributed by atoms with Gasteiger partial charge in [-0.3, -0.25) is 9.69 Å². The number of hydrogen-bond acceptors (Lipinski definition) is 3. The normalized spacial score (nSPS) is 25.4. The van der Waals surface area contributed by atoms with Crippen LogP contribution in [0.4, 0.5) is 4.39 Å². The van der Waals surface area contributed by atoms with Gasteiger partial charge in [-0.1, -0.05) is 12.1 Å². The number of nitrogens with zero attached hydrogens (tertiary/aromatic N) is 2. The zero-order valence-electron chi connectivity index (χ0n) is 14.3. The van der Waals surface area contributed by atoms with Crippen LogP contribution in [0, 0.1) is 5.82 Å². The van der Waals surface area contributed by atoms with Crippen LogP contribution in [0.2, 0.25) is 0 Å². The molecular formula is C19H25FN2O2. The largest absolute Gasteiger partial charge is 0.357 e. The highest BCUT2D eigenvalue weighted by molar-refractivity contribution is 5.89. The molecular weight excluding hydrogens is 307 g/mol. The van der Waals surface area contributed by atoms with Crippen molar-refractivity contribution in [1.82, 2.24) is 9.80 Å². The molecule has 1 aromatic carbocycles. The van der Waals surface area contributed by atoms with Crippen molar-refractivity contribution in [1.29, 1.82) is 0 Å². The summed E-state index contributed by atoms with van der Waals surface area (Å²) in [6.45, 7) is 6.31. The molecule has 0 N–H and O–H groups in total. The summed E-state index contributed by atoms with van der Waals surface area (Å²) in [5.41, 5.74) is 0.480. The van der Waals surface area contributed by atoms with Crippen molar-refractivity contribution < 1.29 is 13.9 Å². The number of morpholine rings is 1. The Morgan fingerprint density at radius 3 is 2.38 bits per heavy atom. The van der Waals surface area contributed by atoms with Crippen molar-refractivity contribution in [3.05, 3.63) is 35.6 Å². The number of amides is 1. The van der Waals surface area contributed by atoms with Crippen molar-refractivity contribution in [2.24, 2.45) is 0 Å². The van der Waals surface area contributed by atoms with E-state index in [-0.39, 0.29) is 17.3 Å². The number of likely N-dealkylation sites (N-methyl/N-ethyl adjacent to an activating group) is 1. The number of halogens is 1. The van der Waals surface area contributed by atoms with Gasteiger partial charge in [0.15, 0.2) is 0 Å². The lowest BCUT2D eigenvalue weighted by Gasteiger charge is -2.50. The SMILES string of the molecule is CCN1CC2(CCN(Cc3ccc(F)cc3)CC2)OC2(CC2)C1=O. The molecule has 5 heteroatoms. The summed E-state index contributed by atoms with van der Waals surface area (Å²) in [5.74, 6) is 0.00961. The number of rotatable bonds is 3. The molecule has 1 aliphatic carbocycles. The van der Waals surface area contributed by atoms with Crippen LogP contribution in [0.15, 0.2) is 24.3 Å². The molecule has 0 radical (unpaired) electrons. The third-order valence-electron chi connectivity index (χ3n) is 5.74. The molecule has 24 heavy (non-hydrogen) atoms. The van der Waals surface area contributed by atoms with Gasteiger partial charge in [-0.2, -0.15) is 0 Å². The van der Waals surface area contributed by atoms with E-state index in [2.05, 4.69) is 11.8 Å². The van der Waals surface area contributed by atoms with E-state index in [1.54, 1.807) is 0 Å². The molecule has 130 valence electrons. The first-order chi connectivity index (χ1) is 11.5. The Morgan fingerprint density at radius 2 is 1.79 bits per heavy atom. The lowest BCUT2D eigenvalue weighted by molar-refractivity contribution is -0.200. The summed E-state index contributed by atoms with van der Waals surface area (Å²) in [7, 11) is 0. The van der Waals surface area contributed by atoms with Crippen LogP contribution in [0.25, 0.3) is 0 Å². The third-order valence-corrected chi connectivity index (χ3v) is 5.74. The van der Waals surface area contributed by atoms with Crippen LogP contribution in [-0.2, 0) is 16.1 Å². The predicted octanol–water partition coefficient (Wildman–Crippen LogP) is 2.57. The number of piperidine rings is 1. The second kappa shape index (κ2) is 5.81. The summed E-state index contributed by atoms with van der Waals surface area (Å²) in [6.07, 6.45) is 3.67. The summed E-state index contributed by atoms with van der Waals surface area (Å²) >= 11 is 0. The van der Waals surface area contributed by atoms with E-state index in [1.807, 2.05) is 17.0 Å². The van der Waals surface area contributed by atoms with Crippen LogP contribution >= 0.6 is 0 Å². The number of carbonyl (C=O) groups is 1. The molecule has 3 aliphatic rings. The number of likely N-dealkylation sites (tertiary alicyclic amines) is 1. The molecule has 1 aromatic rings. The smallest absolute Gasteiger partial charge is 0.254 e. The first-order valence-electron chi connectivity index (χ1n) is 9.01. The number of benzene rings is 1. The van der Waals surface area contributed by atoms with E-state index in [4.69, 9.17) is 4.74 Å². The predicted molar refractivity (Wildman–Crippen MR) is 88.9 cm³/mol. The van der Waals surface area contributed by atoms with Crippen molar-refractivity contribution >= 4 is 5.91 Å². The molecule has 1 saturated carbocycles. The Labute approximate surface area is 142 Å². The van der Waals surface area contributed by atoms with Gasteiger partial charge in [0.1, 0.15) is 11.4 Å². The molecule has 4 rings (SSSR count). The van der Waals surface area contributed by atoms with Crippen LogP contribution in [-0.4, -0.2) is 53.1 Å². The third kappa shape index (κ3) is 2.84. The van der Waals surface area contributed by atoms with E-state index in [9.17, 15) is 9.18 Å². The van der Waals surface area contributed by atoms with Crippen molar-refractivity contribution in [3.63, 3.8) is 0 Å². The lowest BCUT2D eigenvalue weighted by Crippen LogP contribution is -2.62. The standard InChI is InChI=1S/C19H25FN2O2/c1-2-22-14-18(24-19(7-8-19)17(22)23)9-11-21(12-10-18)13-15-3-5-16(20)6-4-15/h3-6H,2,7-14H2,1H3. The number of hydrogen-bond donors (Lipinski definition) is 0. The molecule has 4 nitrogen and oxygen atoms in total. The molecule has 0 unspecified atom stereocenters. The van der Waals surface area contributed by atoms with Crippen LogP contribution in [0.3, 0.4) is 0 Å². The molecule has 1 amide bonds. The Balaban J connectivity index is 1.40. The Morgan fingerprint density at radius 1 is 1.12 bits per heavy atom. The van der Waals surface area contributed by atoms with Gasteiger partial charge in [0.2, 0.25) is 0 Å². The quantitative estimate of drug-likeness (QED) is 0.853. The van der Waals surface area contributed by atoms with E-state index < -0.39 is 5.60 Å². The van der Waals surface area contributed by atoms with Gasteiger partial charge in [0.25, 0.3) is 5.91 Å². The van der Waals surface area contributed by atoms with Gasteiger partial charge in [-0.15, -0.1) is 0 Å². The average Bonchev–Trinajstić information content (AvgIpc) is 3.36. The highest BCUT2D eigenvalue weighted by atomic mass is 19.1. The highest BCUT2D eigenvalue weighted by Crippen LogP contribution is 2.49. The summed E-state index contributed by atoms with van der Waals surface area (Å²) < 4.78 is 19.4. The molecule has 2 heterocycles. The molecule has 0 bridgehead atoms. The highest BCUT2D eigenvalue weighted by Gasteiger charge is 2.61. The maximum atomic E-state index is 13.0. The van der Waals surface area contributed by atoms with E-state index >= 15 is 0 Å². The van der Waals surface area contributed by atoms with Crippen LogP contribution in [0.5, 0.6) is 0 Å². The molecule has 2 aliphatic heterocycles. The Bertz CT molecular complexity index is 619. The van der Waals surface area contributed by atoms with Gasteiger partial charge < -0.3 is 9.64 Å². The van der Waals surface area contributed by atoms with E-state index in [0.717, 1.165) is 64.0 Å². The molecule has 2 saturated heterocycles. The zero-order chi connectivity index (χ0) is 16.8. The monoisotopic (exact) mass is 332 g/mol. The topological polar surface area (TPSA) is 32.8 Å². The Hall–Kier alpha value is -1.46. The van der Waals surface area contributed by atoms with Gasteiger partial charge >= 0.3 is 0 Å². The molecule has 3 fully saturated rings. The second-order valence-electron chi connectivity index (χ2n) is 7.50. The summed E-state index contributed by atoms with van der Waals surface area (Å²) in [4.78, 5) is 16.8. The summed E-state index contributed by atoms with van der Waals surface area (Å²) in [5, 5.41) is 0. The molecule has 2 spiro atoms. The summed E-state index contributed by atoms with van der Waals surface area (Å²) in [6, 6.07) is 6.75. The fraction of sp³-hybridized carbons (Fsp3) is 0.632. The Kier molecular flexibility index (Phi) is 3.88. The average molecular weight is 332 g/mol. The lowest BCUT2D eigenvalue weighted by atomic mass is 9.87. The van der Waals surface area contributed by atoms with Gasteiger partial charge in [-0.25, -0.2) is 4.39 Å². The van der Waals surface area contributed by atoms with Crippen molar-refractivity contribution in [2.75, 3.05) is 26.2 Å². The van der Waals surface area contributed by atoms with Gasteiger partial charge in [0, 0.05) is 32.7 Å². The van der Waals surface area contributed by atoms with Crippen molar-refractivity contribution in [2.45, 2.75) is 50.4 Å². The first-order valence-corrected chi connectivity index (χ1v) is 9.01. The van der Waals surface area contributed by atoms with Crippen LogP contribution in [0.1, 0.15) is 38.2 Å². The number of ether oxygens (including phenoxy) is 1. The van der Waals surface area contributed by atoms with E-state index in [0.29, 0.717) is 0 Å². The second-order valence-corrected chi connectivity index (χ2v) is 7.50. The van der Waals surface area contributed by atoms with Crippen molar-refractivity contribution in [3.8, 4) is 0 Å². The number of carbonyl (C=O) groups excluding carboxylic acids is 1. The fourth-order valence-corrected chi connectivity index (χ4v) is 4.11. The minimum Gasteiger partial charge on any atom is -0.357 e. The van der Waals surface area contributed by atoms with Gasteiger partial charge in [-0.05, 0) is 50.3 Å². The molecule has 0 atom stereocenters. The fourth-order valence-electron chi connectivity index (χ4n) is 4.11.